The van der Waals surface area contributed by atoms with E-state index in [0.29, 0.717) is 18.2 Å². The Morgan fingerprint density at radius 3 is 2.89 bits per heavy atom. The van der Waals surface area contributed by atoms with Gasteiger partial charge in [0.05, 0.1) is 10.3 Å². The summed E-state index contributed by atoms with van der Waals surface area (Å²) in [6.45, 7) is 2.56. The first-order valence-electron chi connectivity index (χ1n) is 5.18. The molecule has 0 saturated carbocycles. The number of nitrogens with zero attached hydrogens (tertiary/aromatic N) is 2. The lowest BCUT2D eigenvalue weighted by Crippen LogP contribution is -2.14. The average Bonchev–Trinajstić information content (AvgIpc) is 2.72. The number of anilines is 1. The first-order valence-corrected chi connectivity index (χ1v) is 7.20. The minimum Gasteiger partial charge on any atom is -0.388 e. The Balaban J connectivity index is 2.11. The van der Waals surface area contributed by atoms with Gasteiger partial charge in [0.25, 0.3) is 0 Å². The summed E-state index contributed by atoms with van der Waals surface area (Å²) < 4.78 is 1.10. The number of nitrogens with two attached hydrogens (primary N) is 1. The zero-order chi connectivity index (χ0) is 13.1. The van der Waals surface area contributed by atoms with Gasteiger partial charge in [-0.15, -0.1) is 11.3 Å². The van der Waals surface area contributed by atoms with E-state index in [2.05, 4.69) is 31.2 Å². The van der Waals surface area contributed by atoms with Crippen LogP contribution >= 0.6 is 39.5 Å². The van der Waals surface area contributed by atoms with Gasteiger partial charge >= 0.3 is 0 Å². The van der Waals surface area contributed by atoms with E-state index in [1.54, 1.807) is 17.4 Å². The Kier molecular flexibility index (Phi) is 4.26. The highest BCUT2D eigenvalue weighted by atomic mass is 79.9. The van der Waals surface area contributed by atoms with Gasteiger partial charge in [0, 0.05) is 10.6 Å². The lowest BCUT2D eigenvalue weighted by atomic mass is 10.3. The van der Waals surface area contributed by atoms with Crippen molar-refractivity contribution < 1.29 is 0 Å². The summed E-state index contributed by atoms with van der Waals surface area (Å²) in [5, 5.41) is 3.16. The standard InChI is InChI=1S/C11H11BrN4S2/c1-6-4-8(10(13)17)16-11(15-6)14-5-7-2-3-9(12)18-7/h2-4H,5H2,1H3,(H2,13,17)(H,14,15,16). The Labute approximate surface area is 123 Å². The predicted molar refractivity (Wildman–Crippen MR) is 82.0 cm³/mol. The number of thiocarbonyl (C=S) groups is 1. The summed E-state index contributed by atoms with van der Waals surface area (Å²) in [5.74, 6) is 0.544. The van der Waals surface area contributed by atoms with E-state index >= 15 is 0 Å². The fourth-order valence-corrected chi connectivity index (χ4v) is 2.91. The number of hydrogen-bond donors (Lipinski definition) is 2. The summed E-state index contributed by atoms with van der Waals surface area (Å²) in [6, 6.07) is 5.83. The van der Waals surface area contributed by atoms with Gasteiger partial charge in [-0.25, -0.2) is 9.97 Å². The van der Waals surface area contributed by atoms with Crippen LogP contribution in [0.15, 0.2) is 22.0 Å². The largest absolute Gasteiger partial charge is 0.388 e. The van der Waals surface area contributed by atoms with Crippen LogP contribution in [0.1, 0.15) is 16.3 Å². The molecule has 0 saturated heterocycles. The van der Waals surface area contributed by atoms with E-state index in [0.717, 1.165) is 9.48 Å². The van der Waals surface area contributed by atoms with Crippen LogP contribution in [0.5, 0.6) is 0 Å². The third kappa shape index (κ3) is 3.47. The zero-order valence-corrected chi connectivity index (χ0v) is 12.8. The van der Waals surface area contributed by atoms with E-state index in [1.165, 1.54) is 4.88 Å². The summed E-state index contributed by atoms with van der Waals surface area (Å²) >= 11 is 10.0. The fraction of sp³-hybridized carbons (Fsp3) is 0.182. The molecule has 3 N–H and O–H groups in total. The molecule has 0 unspecified atom stereocenters. The number of hydrogen-bond acceptors (Lipinski definition) is 5. The van der Waals surface area contributed by atoms with Crippen LogP contribution in [0.25, 0.3) is 0 Å². The number of thiophene rings is 1. The molecular weight excluding hydrogens is 332 g/mol. The van der Waals surface area contributed by atoms with E-state index in [9.17, 15) is 0 Å². The fourth-order valence-electron chi connectivity index (χ4n) is 1.39. The number of nitrogens with one attached hydrogen (secondary N) is 1. The maximum Gasteiger partial charge on any atom is 0.223 e. The quantitative estimate of drug-likeness (QED) is 0.836. The van der Waals surface area contributed by atoms with Crippen molar-refractivity contribution in [1.82, 2.24) is 9.97 Å². The smallest absolute Gasteiger partial charge is 0.223 e. The highest BCUT2D eigenvalue weighted by Gasteiger charge is 2.05. The molecule has 0 amide bonds. The van der Waals surface area contributed by atoms with Crippen LogP contribution in [0.2, 0.25) is 0 Å². The van der Waals surface area contributed by atoms with E-state index in [4.69, 9.17) is 18.0 Å². The van der Waals surface area contributed by atoms with Crippen LogP contribution in [0.3, 0.4) is 0 Å². The van der Waals surface area contributed by atoms with Crippen LogP contribution in [-0.2, 0) is 6.54 Å². The Morgan fingerprint density at radius 1 is 1.50 bits per heavy atom. The summed E-state index contributed by atoms with van der Waals surface area (Å²) in [7, 11) is 0. The normalized spacial score (nSPS) is 10.3. The third-order valence-electron chi connectivity index (χ3n) is 2.16. The molecule has 0 aliphatic rings. The molecule has 2 aromatic rings. The van der Waals surface area contributed by atoms with Crippen LogP contribution in [0, 0.1) is 6.92 Å². The van der Waals surface area contributed by atoms with Gasteiger partial charge in [-0.2, -0.15) is 0 Å². The maximum atomic E-state index is 5.57. The topological polar surface area (TPSA) is 63.8 Å². The van der Waals surface area contributed by atoms with Crippen molar-refractivity contribution in [3.05, 3.63) is 38.3 Å². The van der Waals surface area contributed by atoms with Gasteiger partial charge in [0.1, 0.15) is 10.7 Å². The molecule has 2 heterocycles. The van der Waals surface area contributed by atoms with E-state index in [-0.39, 0.29) is 4.99 Å². The first-order chi connectivity index (χ1) is 8.54. The monoisotopic (exact) mass is 342 g/mol. The van der Waals surface area contributed by atoms with Crippen molar-refractivity contribution in [2.24, 2.45) is 5.73 Å². The van der Waals surface area contributed by atoms with Crippen LogP contribution in [-0.4, -0.2) is 15.0 Å². The van der Waals surface area contributed by atoms with Crippen LogP contribution < -0.4 is 11.1 Å². The number of halogens is 1. The summed E-state index contributed by atoms with van der Waals surface area (Å²) in [4.78, 5) is 10.0. The van der Waals surface area contributed by atoms with Crippen molar-refractivity contribution in [3.63, 3.8) is 0 Å². The van der Waals surface area contributed by atoms with Crippen molar-refractivity contribution >= 4 is 50.4 Å². The zero-order valence-electron chi connectivity index (χ0n) is 9.61. The second-order valence-electron chi connectivity index (χ2n) is 3.64. The first kappa shape index (κ1) is 13.4. The van der Waals surface area contributed by atoms with E-state index in [1.807, 2.05) is 19.1 Å². The maximum absolute atomic E-state index is 5.57. The SMILES string of the molecule is Cc1cc(C(N)=S)nc(NCc2ccc(Br)s2)n1. The van der Waals surface area contributed by atoms with Gasteiger partial charge in [-0.05, 0) is 41.1 Å². The predicted octanol–water partition coefficient (Wildman–Crippen LogP) is 2.86. The molecule has 0 aliphatic heterocycles. The second kappa shape index (κ2) is 5.73. The van der Waals surface area contributed by atoms with Gasteiger partial charge < -0.3 is 11.1 Å². The molecule has 7 heteroatoms. The molecule has 0 atom stereocenters. The van der Waals surface area contributed by atoms with Gasteiger partial charge in [0.15, 0.2) is 0 Å². The molecule has 2 rings (SSSR count). The van der Waals surface area contributed by atoms with E-state index < -0.39 is 0 Å². The van der Waals surface area contributed by atoms with Gasteiger partial charge in [-0.3, -0.25) is 0 Å². The Morgan fingerprint density at radius 2 is 2.28 bits per heavy atom. The highest BCUT2D eigenvalue weighted by Crippen LogP contribution is 2.22. The highest BCUT2D eigenvalue weighted by molar-refractivity contribution is 9.11. The lowest BCUT2D eigenvalue weighted by Gasteiger charge is -2.06. The summed E-state index contributed by atoms with van der Waals surface area (Å²) in [5.41, 5.74) is 7.00. The molecule has 94 valence electrons. The van der Waals surface area contributed by atoms with Crippen molar-refractivity contribution in [2.45, 2.75) is 13.5 Å². The molecule has 18 heavy (non-hydrogen) atoms. The molecule has 0 aliphatic carbocycles. The Hall–Kier alpha value is -1.05. The lowest BCUT2D eigenvalue weighted by molar-refractivity contribution is 1.03. The average molecular weight is 343 g/mol. The molecule has 0 radical (unpaired) electrons. The molecular formula is C11H11BrN4S2. The molecule has 0 aromatic carbocycles. The van der Waals surface area contributed by atoms with Crippen molar-refractivity contribution in [1.29, 1.82) is 0 Å². The molecule has 0 bridgehead atoms. The minimum atomic E-state index is 0.280. The molecule has 4 nitrogen and oxygen atoms in total. The molecule has 0 spiro atoms. The van der Waals surface area contributed by atoms with Crippen molar-refractivity contribution in [3.8, 4) is 0 Å². The molecule has 0 fully saturated rings. The number of aromatic nitrogens is 2. The second-order valence-corrected chi connectivity index (χ2v) is 6.63. The molecule has 2 aromatic heterocycles. The Bertz CT molecular complexity index is 582. The number of aryl methyl sites for hydroxylation is 1. The van der Waals surface area contributed by atoms with Crippen molar-refractivity contribution in [2.75, 3.05) is 5.32 Å². The third-order valence-corrected chi connectivity index (χ3v) is 3.99. The minimum absolute atomic E-state index is 0.280. The van der Waals surface area contributed by atoms with Crippen LogP contribution in [0.4, 0.5) is 5.95 Å². The number of rotatable bonds is 4. The van der Waals surface area contributed by atoms with Gasteiger partial charge in [0.2, 0.25) is 5.95 Å². The summed E-state index contributed by atoms with van der Waals surface area (Å²) in [6.07, 6.45) is 0. The van der Waals surface area contributed by atoms with Gasteiger partial charge in [-0.1, -0.05) is 12.2 Å².